The Morgan fingerprint density at radius 3 is 2.00 bits per heavy atom. The fraction of sp³-hybridized carbons (Fsp3) is 0.118. The third-order valence-corrected chi connectivity index (χ3v) is 3.60. The maximum absolute atomic E-state index is 13.1. The van der Waals surface area contributed by atoms with E-state index in [-0.39, 0.29) is 0 Å². The molecule has 0 unspecified atom stereocenters. The van der Waals surface area contributed by atoms with Gasteiger partial charge >= 0.3 is 12.4 Å². The number of hydrogen-bond donors (Lipinski definition) is 1. The molecule has 3 aromatic rings. The number of aromatic nitrogens is 1. The summed E-state index contributed by atoms with van der Waals surface area (Å²) in [7, 11) is 0. The highest BCUT2D eigenvalue weighted by Crippen LogP contribution is 2.44. The zero-order chi connectivity index (χ0) is 18.2. The van der Waals surface area contributed by atoms with Crippen molar-refractivity contribution in [2.45, 2.75) is 12.4 Å². The zero-order valence-corrected chi connectivity index (χ0v) is 12.4. The van der Waals surface area contributed by atoms with Crippen LogP contribution in [0.4, 0.5) is 32.0 Å². The molecule has 0 amide bonds. The van der Waals surface area contributed by atoms with Crippen molar-refractivity contribution >= 4 is 22.8 Å². The molecular weight excluding hydrogens is 346 g/mol. The molecular formula is C17H10F6N2. The van der Waals surface area contributed by atoms with Crippen LogP contribution in [0.25, 0.3) is 10.9 Å². The molecule has 1 aromatic heterocycles. The monoisotopic (exact) mass is 356 g/mol. The first-order valence-electron chi connectivity index (χ1n) is 7.05. The lowest BCUT2D eigenvalue weighted by atomic mass is 10.1. The van der Waals surface area contributed by atoms with Crippen molar-refractivity contribution in [1.29, 1.82) is 0 Å². The molecule has 8 heteroatoms. The number of nitrogens with one attached hydrogen (secondary N) is 1. The molecule has 0 aliphatic heterocycles. The first kappa shape index (κ1) is 17.1. The fourth-order valence-electron chi connectivity index (χ4n) is 2.49. The summed E-state index contributed by atoms with van der Waals surface area (Å²) >= 11 is 0. The summed E-state index contributed by atoms with van der Waals surface area (Å²) < 4.78 is 78.6. The Kier molecular flexibility index (Phi) is 4.06. The number of hydrogen-bond acceptors (Lipinski definition) is 1. The lowest BCUT2D eigenvalue weighted by Gasteiger charge is -2.15. The number of aliphatic imine (C=N–C) groups is 1. The fourth-order valence-corrected chi connectivity index (χ4v) is 2.49. The van der Waals surface area contributed by atoms with Crippen molar-refractivity contribution < 1.29 is 26.3 Å². The predicted molar refractivity (Wildman–Crippen MR) is 82.0 cm³/mol. The predicted octanol–water partition coefficient (Wildman–Crippen LogP) is 5.96. The SMILES string of the molecule is FC(F)(F)c1cccc(C(F)(F)F)c1N=Cc1cccc2cc[nH]c12. The molecule has 1 N–H and O–H groups in total. The normalized spacial score (nSPS) is 13.0. The highest BCUT2D eigenvalue weighted by atomic mass is 19.4. The summed E-state index contributed by atoms with van der Waals surface area (Å²) in [5.74, 6) is 0. The van der Waals surface area contributed by atoms with Crippen molar-refractivity contribution in [1.82, 2.24) is 4.98 Å². The number of benzene rings is 2. The van der Waals surface area contributed by atoms with Gasteiger partial charge < -0.3 is 4.98 Å². The van der Waals surface area contributed by atoms with E-state index in [9.17, 15) is 26.3 Å². The van der Waals surface area contributed by atoms with Crippen LogP contribution in [0.2, 0.25) is 0 Å². The molecule has 1 heterocycles. The minimum absolute atomic E-state index is 0.382. The van der Waals surface area contributed by atoms with Gasteiger partial charge in [0.2, 0.25) is 0 Å². The lowest BCUT2D eigenvalue weighted by Crippen LogP contribution is -2.11. The Hall–Kier alpha value is -2.77. The second kappa shape index (κ2) is 5.94. The smallest absolute Gasteiger partial charge is 0.361 e. The number of aromatic amines is 1. The second-order valence-electron chi connectivity index (χ2n) is 5.24. The van der Waals surface area contributed by atoms with Gasteiger partial charge in [0.05, 0.1) is 22.3 Å². The summed E-state index contributed by atoms with van der Waals surface area (Å²) in [5, 5.41) is 0.768. The molecule has 0 aliphatic rings. The first-order chi connectivity index (χ1) is 11.7. The summed E-state index contributed by atoms with van der Waals surface area (Å²) in [6, 6.07) is 8.56. The molecule has 0 saturated carbocycles. The lowest BCUT2D eigenvalue weighted by molar-refractivity contribution is -0.141. The van der Waals surface area contributed by atoms with E-state index in [4.69, 9.17) is 0 Å². The van der Waals surface area contributed by atoms with Gasteiger partial charge in [0.1, 0.15) is 0 Å². The van der Waals surface area contributed by atoms with Crippen molar-refractivity contribution in [3.05, 3.63) is 65.4 Å². The topological polar surface area (TPSA) is 28.1 Å². The summed E-state index contributed by atoms with van der Waals surface area (Å²) in [6.45, 7) is 0. The third kappa shape index (κ3) is 3.38. The maximum Gasteiger partial charge on any atom is 0.418 e. The van der Waals surface area contributed by atoms with E-state index < -0.39 is 29.2 Å². The summed E-state index contributed by atoms with van der Waals surface area (Å²) in [5.41, 5.74) is -3.06. The van der Waals surface area contributed by atoms with Crippen LogP contribution < -0.4 is 0 Å². The van der Waals surface area contributed by atoms with Crippen LogP contribution in [0.1, 0.15) is 16.7 Å². The summed E-state index contributed by atoms with van der Waals surface area (Å²) in [6.07, 6.45) is -7.29. The molecule has 0 aliphatic carbocycles. The molecule has 0 bridgehead atoms. The molecule has 0 spiro atoms. The largest absolute Gasteiger partial charge is 0.418 e. The Bertz CT molecular complexity index is 902. The van der Waals surface area contributed by atoms with Crippen molar-refractivity contribution in [3.8, 4) is 0 Å². The Morgan fingerprint density at radius 1 is 0.800 bits per heavy atom. The molecule has 0 atom stereocenters. The standard InChI is InChI=1S/C17H10F6N2/c18-16(19,20)12-5-2-6-13(17(21,22)23)15(12)25-9-11-4-1-3-10-7-8-24-14(10)11/h1-9,24H. The van der Waals surface area contributed by atoms with Crippen LogP contribution in [0.3, 0.4) is 0 Å². The van der Waals surface area contributed by atoms with Gasteiger partial charge in [-0.1, -0.05) is 24.3 Å². The number of rotatable bonds is 2. The van der Waals surface area contributed by atoms with E-state index in [1.165, 1.54) is 0 Å². The highest BCUT2D eigenvalue weighted by Gasteiger charge is 2.40. The second-order valence-corrected chi connectivity index (χ2v) is 5.24. The zero-order valence-electron chi connectivity index (χ0n) is 12.4. The summed E-state index contributed by atoms with van der Waals surface area (Å²) in [4.78, 5) is 6.43. The van der Waals surface area contributed by atoms with E-state index >= 15 is 0 Å². The number of fused-ring (bicyclic) bond motifs is 1. The average molecular weight is 356 g/mol. The van der Waals surface area contributed by atoms with Crippen molar-refractivity contribution in [3.63, 3.8) is 0 Å². The molecule has 0 fully saturated rings. The quantitative estimate of drug-likeness (QED) is 0.434. The van der Waals surface area contributed by atoms with Crippen LogP contribution in [-0.4, -0.2) is 11.2 Å². The Balaban J connectivity index is 2.17. The van der Waals surface area contributed by atoms with E-state index in [0.717, 1.165) is 17.7 Å². The minimum Gasteiger partial charge on any atom is -0.361 e. The van der Waals surface area contributed by atoms with E-state index in [1.54, 1.807) is 30.5 Å². The maximum atomic E-state index is 13.1. The molecule has 2 aromatic carbocycles. The average Bonchev–Trinajstić information content (AvgIpc) is 2.99. The number of H-pyrrole nitrogens is 1. The van der Waals surface area contributed by atoms with Crippen LogP contribution in [0, 0.1) is 0 Å². The molecule has 2 nitrogen and oxygen atoms in total. The van der Waals surface area contributed by atoms with Gasteiger partial charge in [-0.05, 0) is 18.2 Å². The van der Waals surface area contributed by atoms with Gasteiger partial charge in [-0.15, -0.1) is 0 Å². The van der Waals surface area contributed by atoms with Gasteiger partial charge in [0, 0.05) is 23.4 Å². The van der Waals surface area contributed by atoms with Crippen molar-refractivity contribution in [2.24, 2.45) is 4.99 Å². The van der Waals surface area contributed by atoms with Crippen LogP contribution in [0.5, 0.6) is 0 Å². The Labute approximate surface area is 137 Å². The molecule has 0 saturated heterocycles. The number of para-hydroxylation sites is 2. The van der Waals surface area contributed by atoms with Crippen LogP contribution >= 0.6 is 0 Å². The van der Waals surface area contributed by atoms with E-state index in [1.807, 2.05) is 0 Å². The van der Waals surface area contributed by atoms with Gasteiger partial charge in [0.25, 0.3) is 0 Å². The van der Waals surface area contributed by atoms with Crippen LogP contribution in [0.15, 0.2) is 53.7 Å². The number of nitrogens with zero attached hydrogens (tertiary/aromatic N) is 1. The number of halogens is 6. The first-order valence-corrected chi connectivity index (χ1v) is 7.05. The van der Waals surface area contributed by atoms with E-state index in [0.29, 0.717) is 23.2 Å². The van der Waals surface area contributed by atoms with Crippen molar-refractivity contribution in [2.75, 3.05) is 0 Å². The molecule has 0 radical (unpaired) electrons. The minimum atomic E-state index is -4.95. The Morgan fingerprint density at radius 2 is 1.40 bits per heavy atom. The van der Waals surface area contributed by atoms with E-state index in [2.05, 4.69) is 9.98 Å². The highest BCUT2D eigenvalue weighted by molar-refractivity contribution is 5.98. The van der Waals surface area contributed by atoms with Crippen LogP contribution in [-0.2, 0) is 12.4 Å². The van der Waals surface area contributed by atoms with Gasteiger partial charge in [0.15, 0.2) is 0 Å². The molecule has 130 valence electrons. The third-order valence-electron chi connectivity index (χ3n) is 3.60. The van der Waals surface area contributed by atoms with Gasteiger partial charge in [-0.3, -0.25) is 4.99 Å². The molecule has 3 rings (SSSR count). The number of alkyl halides is 6. The molecule has 25 heavy (non-hydrogen) atoms. The van der Waals surface area contributed by atoms with Gasteiger partial charge in [-0.25, -0.2) is 0 Å². The van der Waals surface area contributed by atoms with Gasteiger partial charge in [-0.2, -0.15) is 26.3 Å².